The van der Waals surface area contributed by atoms with Crippen molar-refractivity contribution in [1.82, 2.24) is 5.32 Å². The van der Waals surface area contributed by atoms with Crippen molar-refractivity contribution in [3.8, 4) is 11.8 Å². The van der Waals surface area contributed by atoms with Gasteiger partial charge < -0.3 is 14.5 Å². The van der Waals surface area contributed by atoms with Crippen molar-refractivity contribution < 1.29 is 18.9 Å². The van der Waals surface area contributed by atoms with Gasteiger partial charge in [0.2, 0.25) is 0 Å². The zero-order chi connectivity index (χ0) is 23.9. The van der Waals surface area contributed by atoms with E-state index in [4.69, 9.17) is 9.15 Å². The van der Waals surface area contributed by atoms with E-state index in [0.717, 1.165) is 16.3 Å². The number of amides is 1. The van der Waals surface area contributed by atoms with Crippen LogP contribution in [0.3, 0.4) is 0 Å². The molecule has 0 saturated carbocycles. The van der Waals surface area contributed by atoms with Crippen LogP contribution >= 0.6 is 0 Å². The molecule has 1 amide bonds. The van der Waals surface area contributed by atoms with E-state index in [1.165, 1.54) is 24.5 Å². The fourth-order valence-corrected chi connectivity index (χ4v) is 3.39. The Hall–Kier alpha value is -4.90. The Morgan fingerprint density at radius 2 is 1.88 bits per heavy atom. The summed E-state index contributed by atoms with van der Waals surface area (Å²) in [6.07, 6.45) is 3.01. The lowest BCUT2D eigenvalue weighted by Gasteiger charge is -2.13. The van der Waals surface area contributed by atoms with Crippen LogP contribution in [0.4, 0.5) is 5.69 Å². The predicted octanol–water partition coefficient (Wildman–Crippen LogP) is 5.14. The number of hydrogen-bond donors (Lipinski definition) is 1. The molecular weight excluding hydrogens is 434 g/mol. The molecule has 3 aromatic carbocycles. The first-order chi connectivity index (χ1) is 16.5. The Bertz CT molecular complexity index is 1400. The van der Waals surface area contributed by atoms with Gasteiger partial charge in [0.1, 0.15) is 29.8 Å². The third kappa shape index (κ3) is 5.11. The van der Waals surface area contributed by atoms with E-state index in [0.29, 0.717) is 17.1 Å². The third-order valence-corrected chi connectivity index (χ3v) is 5.13. The molecule has 0 fully saturated rings. The van der Waals surface area contributed by atoms with Gasteiger partial charge in [0.25, 0.3) is 11.6 Å². The zero-order valence-corrected chi connectivity index (χ0v) is 17.9. The molecule has 0 radical (unpaired) electrons. The van der Waals surface area contributed by atoms with Crippen molar-refractivity contribution >= 4 is 28.4 Å². The van der Waals surface area contributed by atoms with Gasteiger partial charge in [-0.1, -0.05) is 30.3 Å². The van der Waals surface area contributed by atoms with E-state index in [9.17, 15) is 20.2 Å². The number of carbonyl (C=O) groups excluding carboxylic acids is 1. The first kappa shape index (κ1) is 22.3. The van der Waals surface area contributed by atoms with E-state index in [1.54, 1.807) is 30.3 Å². The second kappa shape index (κ2) is 10.1. The lowest BCUT2D eigenvalue weighted by Crippen LogP contribution is -2.23. The predicted molar refractivity (Wildman–Crippen MR) is 126 cm³/mol. The summed E-state index contributed by atoms with van der Waals surface area (Å²) in [6.45, 7) is 0.313. The molecule has 0 atom stereocenters. The summed E-state index contributed by atoms with van der Waals surface area (Å²) < 4.78 is 11.2. The van der Waals surface area contributed by atoms with Gasteiger partial charge in [-0.2, -0.15) is 5.26 Å². The number of nitrogens with one attached hydrogen (secondary N) is 1. The highest BCUT2D eigenvalue weighted by molar-refractivity contribution is 6.04. The van der Waals surface area contributed by atoms with E-state index in [1.807, 2.05) is 36.4 Å². The maximum Gasteiger partial charge on any atom is 0.269 e. The van der Waals surface area contributed by atoms with Crippen LogP contribution in [-0.2, 0) is 17.9 Å². The lowest BCUT2D eigenvalue weighted by atomic mass is 10.0. The second-order valence-electron chi connectivity index (χ2n) is 7.34. The van der Waals surface area contributed by atoms with Crippen molar-refractivity contribution in [2.24, 2.45) is 0 Å². The molecule has 8 heteroatoms. The number of furan rings is 1. The Morgan fingerprint density at radius 3 is 2.59 bits per heavy atom. The van der Waals surface area contributed by atoms with Crippen molar-refractivity contribution in [2.75, 3.05) is 0 Å². The van der Waals surface area contributed by atoms with Gasteiger partial charge in [0.15, 0.2) is 0 Å². The second-order valence-corrected chi connectivity index (χ2v) is 7.34. The average molecular weight is 453 g/mol. The van der Waals surface area contributed by atoms with Crippen LogP contribution in [0.15, 0.2) is 89.0 Å². The Kier molecular flexibility index (Phi) is 6.65. The molecule has 4 rings (SSSR count). The van der Waals surface area contributed by atoms with Gasteiger partial charge in [-0.25, -0.2) is 0 Å². The number of nitro groups is 1. The lowest BCUT2D eigenvalue weighted by molar-refractivity contribution is -0.384. The van der Waals surface area contributed by atoms with E-state index >= 15 is 0 Å². The summed E-state index contributed by atoms with van der Waals surface area (Å²) in [5, 5.41) is 24.9. The van der Waals surface area contributed by atoms with Crippen LogP contribution in [-0.4, -0.2) is 10.8 Å². The molecule has 1 heterocycles. The zero-order valence-electron chi connectivity index (χ0n) is 17.9. The molecule has 8 nitrogen and oxygen atoms in total. The number of benzene rings is 3. The molecule has 1 aromatic heterocycles. The highest BCUT2D eigenvalue weighted by Crippen LogP contribution is 2.31. The maximum absolute atomic E-state index is 12.6. The molecule has 0 saturated heterocycles. The van der Waals surface area contributed by atoms with E-state index < -0.39 is 10.8 Å². The number of nitrogens with zero attached hydrogens (tertiary/aromatic N) is 2. The van der Waals surface area contributed by atoms with Crippen LogP contribution in [0.25, 0.3) is 16.8 Å². The molecule has 4 aromatic rings. The summed E-state index contributed by atoms with van der Waals surface area (Å²) in [5.41, 5.74) is 1.25. The van der Waals surface area contributed by atoms with Crippen LogP contribution in [0, 0.1) is 21.4 Å². The molecule has 1 N–H and O–H groups in total. The van der Waals surface area contributed by atoms with Gasteiger partial charge in [-0.05, 0) is 52.7 Å². The average Bonchev–Trinajstić information content (AvgIpc) is 3.39. The molecule has 0 aliphatic rings. The number of nitro benzene ring substituents is 1. The van der Waals surface area contributed by atoms with Gasteiger partial charge in [0, 0.05) is 17.7 Å². The number of carbonyl (C=O) groups is 1. The van der Waals surface area contributed by atoms with Gasteiger partial charge >= 0.3 is 0 Å². The molecular formula is C26H19N3O5. The van der Waals surface area contributed by atoms with Crippen molar-refractivity contribution in [2.45, 2.75) is 13.2 Å². The van der Waals surface area contributed by atoms with Gasteiger partial charge in [-0.3, -0.25) is 14.9 Å². The van der Waals surface area contributed by atoms with Crippen LogP contribution < -0.4 is 10.1 Å². The molecule has 0 bridgehead atoms. The van der Waals surface area contributed by atoms with Crippen molar-refractivity contribution in [3.05, 3.63) is 112 Å². The van der Waals surface area contributed by atoms with E-state index in [-0.39, 0.29) is 24.4 Å². The Labute approximate surface area is 194 Å². The number of hydrogen-bond acceptors (Lipinski definition) is 6. The summed E-state index contributed by atoms with van der Waals surface area (Å²) in [4.78, 5) is 23.1. The Balaban J connectivity index is 1.62. The normalized spacial score (nSPS) is 11.1. The molecule has 0 aliphatic heterocycles. The fraction of sp³-hybridized carbons (Fsp3) is 0.0769. The molecule has 0 unspecified atom stereocenters. The SMILES string of the molecule is N#CC(=Cc1c(OCc2ccc([N+](=O)[O-])cc2)ccc2ccccc12)C(=O)NCc1ccco1. The van der Waals surface area contributed by atoms with E-state index in [2.05, 4.69) is 5.32 Å². The standard InChI is InChI=1S/C26H19N3O5/c27-15-20(26(30)28-16-22-5-3-13-33-22)14-24-23-6-2-1-4-19(23)9-12-25(24)34-17-18-7-10-21(11-8-18)29(31)32/h1-14H,16-17H2,(H,28,30). The monoisotopic (exact) mass is 453 g/mol. The minimum Gasteiger partial charge on any atom is -0.488 e. The highest BCUT2D eigenvalue weighted by Gasteiger charge is 2.14. The molecule has 168 valence electrons. The number of ether oxygens (including phenoxy) is 1. The first-order valence-corrected chi connectivity index (χ1v) is 10.4. The maximum atomic E-state index is 12.6. The van der Waals surface area contributed by atoms with Gasteiger partial charge in [-0.15, -0.1) is 0 Å². The summed E-state index contributed by atoms with van der Waals surface area (Å²) >= 11 is 0. The van der Waals surface area contributed by atoms with Crippen molar-refractivity contribution in [1.29, 1.82) is 5.26 Å². The van der Waals surface area contributed by atoms with Crippen LogP contribution in [0.1, 0.15) is 16.9 Å². The fourth-order valence-electron chi connectivity index (χ4n) is 3.39. The topological polar surface area (TPSA) is 118 Å². The molecule has 0 spiro atoms. The minimum absolute atomic E-state index is 0.00250. The Morgan fingerprint density at radius 1 is 1.09 bits per heavy atom. The number of fused-ring (bicyclic) bond motifs is 1. The smallest absolute Gasteiger partial charge is 0.269 e. The highest BCUT2D eigenvalue weighted by atomic mass is 16.6. The summed E-state index contributed by atoms with van der Waals surface area (Å²) in [5.74, 6) is 0.514. The quantitative estimate of drug-likeness (QED) is 0.171. The number of rotatable bonds is 8. The largest absolute Gasteiger partial charge is 0.488 e. The minimum atomic E-state index is -0.534. The first-order valence-electron chi connectivity index (χ1n) is 10.4. The summed E-state index contributed by atoms with van der Waals surface area (Å²) in [6, 6.07) is 22.7. The number of non-ortho nitro benzene ring substituents is 1. The van der Waals surface area contributed by atoms with Gasteiger partial charge in [0.05, 0.1) is 17.7 Å². The molecule has 34 heavy (non-hydrogen) atoms. The van der Waals surface area contributed by atoms with Crippen LogP contribution in [0.2, 0.25) is 0 Å². The van der Waals surface area contributed by atoms with Crippen LogP contribution in [0.5, 0.6) is 5.75 Å². The molecule has 0 aliphatic carbocycles. The van der Waals surface area contributed by atoms with Crippen molar-refractivity contribution in [3.63, 3.8) is 0 Å². The third-order valence-electron chi connectivity index (χ3n) is 5.13. The number of nitriles is 1. The summed E-state index contributed by atoms with van der Waals surface area (Å²) in [7, 11) is 0.